The second kappa shape index (κ2) is 11.5. The van der Waals surface area contributed by atoms with Gasteiger partial charge >= 0.3 is 6.03 Å². The van der Waals surface area contributed by atoms with Crippen LogP contribution in [0, 0.1) is 23.1 Å². The van der Waals surface area contributed by atoms with Crippen molar-refractivity contribution < 1.29 is 23.0 Å². The number of hydrogen-bond donors (Lipinski definition) is 3. The number of methoxy groups -OCH3 is 2. The van der Waals surface area contributed by atoms with E-state index in [1.54, 1.807) is 14.2 Å². The Hall–Kier alpha value is -4.07. The summed E-state index contributed by atoms with van der Waals surface area (Å²) in [6.45, 7) is 3.10. The zero-order valence-corrected chi connectivity index (χ0v) is 21.7. The first-order chi connectivity index (χ1) is 18.3. The highest BCUT2D eigenvalue weighted by atomic mass is 19.2. The van der Waals surface area contributed by atoms with Crippen molar-refractivity contribution in [2.75, 3.05) is 32.6 Å². The number of ether oxygens (including phenoxy) is 2. The average Bonchev–Trinajstić information content (AvgIpc) is 3.30. The number of likely N-dealkylation sites (tertiary alicyclic amines) is 1. The number of carbonyl (C=O) groups is 1. The number of benzene rings is 2. The summed E-state index contributed by atoms with van der Waals surface area (Å²) in [5.41, 5.74) is 0.995. The van der Waals surface area contributed by atoms with E-state index in [0.717, 1.165) is 30.5 Å². The Morgan fingerprint density at radius 3 is 2.63 bits per heavy atom. The standard InChI is InChI=1S/C27H32F2N6O3/c1-4-31-25(32-16-30)35-12-11-27(17-5-8-22(37-2)23(13-17)38-3)10-9-19(15-24(27)35)34-26(36)33-18-6-7-20(28)21(29)14-18/h5-8,13-14,19,24H,4,9-12,15H2,1-3H3,(H,31,32)(H2,33,34,36)/t19-,24+,27-/m0/s1. The number of carbonyl (C=O) groups excluding carboxylic acids is 1. The summed E-state index contributed by atoms with van der Waals surface area (Å²) in [6.07, 6.45) is 4.89. The van der Waals surface area contributed by atoms with Crippen LogP contribution in [0.1, 0.15) is 38.2 Å². The number of aliphatic imine (C=N–C) groups is 1. The first-order valence-electron chi connectivity index (χ1n) is 12.6. The monoisotopic (exact) mass is 526 g/mol. The Morgan fingerprint density at radius 1 is 1.16 bits per heavy atom. The molecule has 2 aliphatic rings. The Labute approximate surface area is 220 Å². The number of hydrogen-bond acceptors (Lipinski definition) is 5. The predicted octanol–water partition coefficient (Wildman–Crippen LogP) is 4.11. The quantitative estimate of drug-likeness (QED) is 0.226. The van der Waals surface area contributed by atoms with Crippen molar-refractivity contribution in [3.63, 3.8) is 0 Å². The fourth-order valence-corrected chi connectivity index (χ4v) is 5.74. The lowest BCUT2D eigenvalue weighted by Crippen LogP contribution is -2.55. The van der Waals surface area contributed by atoms with Gasteiger partial charge in [0, 0.05) is 42.3 Å². The maximum atomic E-state index is 13.6. The van der Waals surface area contributed by atoms with Gasteiger partial charge in [0.15, 0.2) is 29.3 Å². The van der Waals surface area contributed by atoms with Gasteiger partial charge in [0.1, 0.15) is 0 Å². The van der Waals surface area contributed by atoms with Crippen LogP contribution in [0.4, 0.5) is 19.3 Å². The maximum absolute atomic E-state index is 13.6. The van der Waals surface area contributed by atoms with Crippen molar-refractivity contribution in [3.05, 3.63) is 53.6 Å². The number of urea groups is 1. The molecule has 11 heteroatoms. The molecule has 0 unspecified atom stereocenters. The van der Waals surface area contributed by atoms with Crippen molar-refractivity contribution in [1.29, 1.82) is 5.26 Å². The van der Waals surface area contributed by atoms with E-state index in [9.17, 15) is 18.8 Å². The molecule has 38 heavy (non-hydrogen) atoms. The van der Waals surface area contributed by atoms with Gasteiger partial charge in [-0.2, -0.15) is 5.26 Å². The molecule has 202 valence electrons. The van der Waals surface area contributed by atoms with Gasteiger partial charge in [0.05, 0.1) is 14.2 Å². The number of fused-ring (bicyclic) bond motifs is 1. The predicted molar refractivity (Wildman–Crippen MR) is 139 cm³/mol. The first-order valence-corrected chi connectivity index (χ1v) is 12.6. The summed E-state index contributed by atoms with van der Waals surface area (Å²) < 4.78 is 37.8. The van der Waals surface area contributed by atoms with Crippen molar-refractivity contribution >= 4 is 17.7 Å². The number of nitriles is 1. The molecule has 2 aromatic rings. The normalized spacial score (nSPS) is 22.7. The number of halogens is 2. The summed E-state index contributed by atoms with van der Waals surface area (Å²) >= 11 is 0. The van der Waals surface area contributed by atoms with E-state index in [1.807, 2.05) is 25.2 Å². The van der Waals surface area contributed by atoms with Crippen molar-refractivity contribution in [2.45, 2.75) is 50.1 Å². The third-order valence-electron chi connectivity index (χ3n) is 7.48. The zero-order valence-electron chi connectivity index (χ0n) is 21.7. The van der Waals surface area contributed by atoms with E-state index < -0.39 is 17.7 Å². The molecule has 1 aliphatic carbocycles. The summed E-state index contributed by atoms with van der Waals surface area (Å²) in [7, 11) is 3.20. The van der Waals surface area contributed by atoms with Crippen LogP contribution in [-0.2, 0) is 5.41 Å². The maximum Gasteiger partial charge on any atom is 0.319 e. The molecule has 1 aliphatic heterocycles. The number of guanidine groups is 1. The molecule has 1 saturated carbocycles. The molecule has 4 rings (SSSR count). The van der Waals surface area contributed by atoms with Crippen LogP contribution >= 0.6 is 0 Å². The van der Waals surface area contributed by atoms with Gasteiger partial charge < -0.3 is 25.0 Å². The van der Waals surface area contributed by atoms with E-state index in [1.165, 1.54) is 6.07 Å². The molecule has 0 aromatic heterocycles. The van der Waals surface area contributed by atoms with Gasteiger partial charge in [-0.3, -0.25) is 10.3 Å². The highest BCUT2D eigenvalue weighted by Gasteiger charge is 2.53. The van der Waals surface area contributed by atoms with E-state index in [0.29, 0.717) is 43.4 Å². The van der Waals surface area contributed by atoms with Gasteiger partial charge in [-0.05, 0) is 62.4 Å². The molecule has 2 fully saturated rings. The molecule has 2 aromatic carbocycles. The Morgan fingerprint density at radius 2 is 1.95 bits per heavy atom. The molecular weight excluding hydrogens is 494 g/mol. The minimum absolute atomic E-state index is 0.0749. The van der Waals surface area contributed by atoms with E-state index >= 15 is 0 Å². The summed E-state index contributed by atoms with van der Waals surface area (Å²) in [4.78, 5) is 19.4. The van der Waals surface area contributed by atoms with Crippen molar-refractivity contribution in [2.24, 2.45) is 4.99 Å². The van der Waals surface area contributed by atoms with Crippen molar-refractivity contribution in [3.8, 4) is 17.7 Å². The Bertz CT molecular complexity index is 1250. The third kappa shape index (κ3) is 5.30. The molecule has 9 nitrogen and oxygen atoms in total. The van der Waals surface area contributed by atoms with E-state index in [-0.39, 0.29) is 23.2 Å². The molecule has 2 amide bonds. The van der Waals surface area contributed by atoms with Gasteiger partial charge in [0.2, 0.25) is 5.96 Å². The highest BCUT2D eigenvalue weighted by Crippen LogP contribution is 2.50. The molecule has 1 saturated heterocycles. The summed E-state index contributed by atoms with van der Waals surface area (Å²) in [6, 6.07) is 8.41. The number of nitrogens with one attached hydrogen (secondary N) is 3. The van der Waals surface area contributed by atoms with Crippen LogP contribution < -0.4 is 25.4 Å². The van der Waals surface area contributed by atoms with Crippen molar-refractivity contribution in [1.82, 2.24) is 15.5 Å². The SMILES string of the molecule is CCN=C(NC#N)N1CC[C@]2(c3ccc(OC)c(OC)c3)CC[C@H](NC(=O)Nc3ccc(F)c(F)c3)C[C@@H]12. The fraction of sp³-hybridized carbons (Fsp3) is 0.444. The second-order valence-corrected chi connectivity index (χ2v) is 9.42. The van der Waals surface area contributed by atoms with Crippen LogP contribution in [0.3, 0.4) is 0 Å². The van der Waals surface area contributed by atoms with Crippen LogP contribution in [0.2, 0.25) is 0 Å². The molecule has 3 atom stereocenters. The molecule has 3 N–H and O–H groups in total. The van der Waals surface area contributed by atoms with E-state index in [2.05, 4.69) is 31.9 Å². The molecule has 0 radical (unpaired) electrons. The zero-order chi connectivity index (χ0) is 27.3. The minimum atomic E-state index is -1.03. The molecular formula is C27H32F2N6O3. The largest absolute Gasteiger partial charge is 0.493 e. The van der Waals surface area contributed by atoms with Gasteiger partial charge in [-0.15, -0.1) is 0 Å². The lowest BCUT2D eigenvalue weighted by Gasteiger charge is -2.45. The minimum Gasteiger partial charge on any atom is -0.493 e. The molecule has 0 spiro atoms. The first kappa shape index (κ1) is 27.0. The van der Waals surface area contributed by atoms with E-state index in [4.69, 9.17) is 9.47 Å². The topological polar surface area (TPSA) is 111 Å². The average molecular weight is 527 g/mol. The Balaban J connectivity index is 1.60. The third-order valence-corrected chi connectivity index (χ3v) is 7.48. The van der Waals surface area contributed by atoms with Crippen LogP contribution in [0.5, 0.6) is 11.5 Å². The number of anilines is 1. The van der Waals surface area contributed by atoms with Crippen LogP contribution in [0.25, 0.3) is 0 Å². The van der Waals surface area contributed by atoms with Crippen LogP contribution in [-0.4, -0.2) is 56.3 Å². The fourth-order valence-electron chi connectivity index (χ4n) is 5.74. The smallest absolute Gasteiger partial charge is 0.319 e. The van der Waals surface area contributed by atoms with Crippen LogP contribution in [0.15, 0.2) is 41.4 Å². The van der Waals surface area contributed by atoms with Gasteiger partial charge in [-0.25, -0.2) is 13.6 Å². The lowest BCUT2D eigenvalue weighted by atomic mass is 9.65. The number of amides is 2. The lowest BCUT2D eigenvalue weighted by molar-refractivity contribution is 0.177. The second-order valence-electron chi connectivity index (χ2n) is 9.42. The number of rotatable bonds is 6. The van der Waals surface area contributed by atoms with Gasteiger partial charge in [-0.1, -0.05) is 6.07 Å². The summed E-state index contributed by atoms with van der Waals surface area (Å²) in [5, 5.41) is 17.7. The number of nitrogens with zero attached hydrogens (tertiary/aromatic N) is 3. The molecule has 0 bridgehead atoms. The van der Waals surface area contributed by atoms with Gasteiger partial charge in [0.25, 0.3) is 0 Å². The highest BCUT2D eigenvalue weighted by molar-refractivity contribution is 5.89. The summed E-state index contributed by atoms with van der Waals surface area (Å²) in [5.74, 6) is -0.224. The molecule has 1 heterocycles. The Kier molecular flexibility index (Phi) is 8.20.